The van der Waals surface area contributed by atoms with Gasteiger partial charge >= 0.3 is 5.97 Å². The standard InChI is InChI=1S/C25H33N5O2/c1-25(2,3)18-30(22-10-13-27-24(26)28-22)17-20-8-6-19(7-9-20)5-4-14-29-15-11-21(12-16-29)23(31)32/h6-10,13,21H,11-12,14-18H2,1-3H3,(H,31,32)(H2,26,27,28). The molecule has 32 heavy (non-hydrogen) atoms. The Morgan fingerprint density at radius 2 is 1.91 bits per heavy atom. The monoisotopic (exact) mass is 435 g/mol. The summed E-state index contributed by atoms with van der Waals surface area (Å²) in [5, 5.41) is 9.10. The topological polar surface area (TPSA) is 95.6 Å². The van der Waals surface area contributed by atoms with E-state index in [1.165, 1.54) is 5.56 Å². The number of aliphatic carboxylic acids is 1. The fourth-order valence-corrected chi connectivity index (χ4v) is 3.84. The number of carbonyl (C=O) groups is 1. The Balaban J connectivity index is 1.59. The van der Waals surface area contributed by atoms with Gasteiger partial charge in [0, 0.05) is 24.8 Å². The van der Waals surface area contributed by atoms with Crippen molar-refractivity contribution in [1.29, 1.82) is 0 Å². The van der Waals surface area contributed by atoms with Crippen molar-refractivity contribution in [2.75, 3.05) is 36.8 Å². The maximum absolute atomic E-state index is 11.1. The van der Waals surface area contributed by atoms with Gasteiger partial charge in [-0.25, -0.2) is 4.98 Å². The number of nitrogens with two attached hydrogens (primary N) is 1. The molecule has 3 rings (SSSR count). The SMILES string of the molecule is CC(C)(C)CN(Cc1ccc(C#CCN2CCC(C(=O)O)CC2)cc1)c1ccnc(N)n1. The molecular formula is C25H33N5O2. The van der Waals surface area contributed by atoms with Crippen molar-refractivity contribution in [2.24, 2.45) is 11.3 Å². The van der Waals surface area contributed by atoms with Crippen molar-refractivity contribution < 1.29 is 9.90 Å². The molecular weight excluding hydrogens is 402 g/mol. The van der Waals surface area contributed by atoms with Crippen LogP contribution >= 0.6 is 0 Å². The van der Waals surface area contributed by atoms with Crippen LogP contribution in [0.3, 0.4) is 0 Å². The third-order valence-corrected chi connectivity index (χ3v) is 5.45. The Labute approximate surface area is 190 Å². The Kier molecular flexibility index (Phi) is 7.70. The zero-order valence-electron chi connectivity index (χ0n) is 19.2. The van der Waals surface area contributed by atoms with Crippen LogP contribution in [0.15, 0.2) is 36.5 Å². The smallest absolute Gasteiger partial charge is 0.306 e. The van der Waals surface area contributed by atoms with Crippen LogP contribution in [0.5, 0.6) is 0 Å². The number of benzene rings is 1. The fourth-order valence-electron chi connectivity index (χ4n) is 3.84. The second-order valence-corrected chi connectivity index (χ2v) is 9.58. The number of hydrogen-bond acceptors (Lipinski definition) is 6. The lowest BCUT2D eigenvalue weighted by Crippen LogP contribution is -2.36. The zero-order valence-corrected chi connectivity index (χ0v) is 19.2. The van der Waals surface area contributed by atoms with E-state index in [9.17, 15) is 4.79 Å². The fraction of sp³-hybridized carbons (Fsp3) is 0.480. The van der Waals surface area contributed by atoms with Gasteiger partial charge in [0.2, 0.25) is 5.95 Å². The van der Waals surface area contributed by atoms with Crippen LogP contribution in [0.2, 0.25) is 0 Å². The molecule has 3 N–H and O–H groups in total. The number of piperidine rings is 1. The molecule has 2 aromatic rings. The van der Waals surface area contributed by atoms with Gasteiger partial charge < -0.3 is 15.7 Å². The van der Waals surface area contributed by atoms with E-state index in [2.05, 4.69) is 64.5 Å². The molecule has 0 aliphatic carbocycles. The number of carboxylic acids is 1. The summed E-state index contributed by atoms with van der Waals surface area (Å²) in [7, 11) is 0. The summed E-state index contributed by atoms with van der Waals surface area (Å²) < 4.78 is 0. The van der Waals surface area contributed by atoms with Crippen LogP contribution in [-0.4, -0.2) is 52.1 Å². The predicted molar refractivity (Wildman–Crippen MR) is 127 cm³/mol. The number of nitrogen functional groups attached to an aromatic ring is 1. The highest BCUT2D eigenvalue weighted by Gasteiger charge is 2.23. The Morgan fingerprint density at radius 3 is 2.50 bits per heavy atom. The summed E-state index contributed by atoms with van der Waals surface area (Å²) in [5.74, 6) is 6.66. The third-order valence-electron chi connectivity index (χ3n) is 5.45. The van der Waals surface area contributed by atoms with Gasteiger partial charge in [-0.15, -0.1) is 0 Å². The van der Waals surface area contributed by atoms with E-state index in [4.69, 9.17) is 10.8 Å². The number of aromatic nitrogens is 2. The molecule has 7 nitrogen and oxygen atoms in total. The van der Waals surface area contributed by atoms with Gasteiger partial charge in [0.1, 0.15) is 5.82 Å². The van der Waals surface area contributed by atoms with E-state index in [1.807, 2.05) is 18.2 Å². The molecule has 7 heteroatoms. The van der Waals surface area contributed by atoms with E-state index in [1.54, 1.807) is 6.20 Å². The summed E-state index contributed by atoms with van der Waals surface area (Å²) >= 11 is 0. The predicted octanol–water partition coefficient (Wildman–Crippen LogP) is 3.26. The van der Waals surface area contributed by atoms with Crippen LogP contribution in [-0.2, 0) is 11.3 Å². The maximum atomic E-state index is 11.1. The first-order chi connectivity index (χ1) is 15.2. The van der Waals surface area contributed by atoms with Crippen molar-refractivity contribution in [3.05, 3.63) is 47.7 Å². The van der Waals surface area contributed by atoms with Gasteiger partial charge in [0.15, 0.2) is 0 Å². The van der Waals surface area contributed by atoms with Gasteiger partial charge in [-0.2, -0.15) is 4.98 Å². The molecule has 0 atom stereocenters. The van der Waals surface area contributed by atoms with Crippen LogP contribution in [0.1, 0.15) is 44.7 Å². The Bertz CT molecular complexity index is 964. The highest BCUT2D eigenvalue weighted by molar-refractivity contribution is 5.70. The summed E-state index contributed by atoms with van der Waals surface area (Å²) in [6.45, 7) is 10.4. The van der Waals surface area contributed by atoms with Crippen molar-refractivity contribution in [2.45, 2.75) is 40.2 Å². The number of nitrogens with zero attached hydrogens (tertiary/aromatic N) is 4. The Hall–Kier alpha value is -3.11. The summed E-state index contributed by atoms with van der Waals surface area (Å²) in [4.78, 5) is 23.9. The minimum Gasteiger partial charge on any atom is -0.481 e. The van der Waals surface area contributed by atoms with E-state index in [0.717, 1.165) is 37.6 Å². The normalized spacial score (nSPS) is 15.1. The molecule has 1 fully saturated rings. The van der Waals surface area contributed by atoms with Crippen LogP contribution in [0.4, 0.5) is 11.8 Å². The van der Waals surface area contributed by atoms with Crippen LogP contribution in [0, 0.1) is 23.2 Å². The first-order valence-electron chi connectivity index (χ1n) is 11.1. The second-order valence-electron chi connectivity index (χ2n) is 9.58. The molecule has 0 bridgehead atoms. The number of rotatable bonds is 6. The van der Waals surface area contributed by atoms with E-state index in [0.29, 0.717) is 19.4 Å². The Morgan fingerprint density at radius 1 is 1.22 bits per heavy atom. The molecule has 0 radical (unpaired) electrons. The molecule has 2 heterocycles. The molecule has 170 valence electrons. The first kappa shape index (κ1) is 23.6. The van der Waals surface area contributed by atoms with Gasteiger partial charge in [-0.3, -0.25) is 9.69 Å². The second kappa shape index (κ2) is 10.5. The van der Waals surface area contributed by atoms with Crippen molar-refractivity contribution in [3.63, 3.8) is 0 Å². The molecule has 1 saturated heterocycles. The van der Waals surface area contributed by atoms with Gasteiger partial charge in [0.05, 0.1) is 12.5 Å². The number of likely N-dealkylation sites (tertiary alicyclic amines) is 1. The van der Waals surface area contributed by atoms with E-state index >= 15 is 0 Å². The third kappa shape index (κ3) is 7.24. The molecule has 0 unspecified atom stereocenters. The van der Waals surface area contributed by atoms with Crippen molar-refractivity contribution in [3.8, 4) is 11.8 Å². The summed E-state index contributed by atoms with van der Waals surface area (Å²) in [6, 6.07) is 10.2. The van der Waals surface area contributed by atoms with E-state index < -0.39 is 5.97 Å². The number of carboxylic acid groups (broad SMARTS) is 1. The summed E-state index contributed by atoms with van der Waals surface area (Å²) in [6.07, 6.45) is 3.10. The van der Waals surface area contributed by atoms with Crippen molar-refractivity contribution >= 4 is 17.7 Å². The molecule has 1 aromatic heterocycles. The van der Waals surface area contributed by atoms with E-state index in [-0.39, 0.29) is 17.3 Å². The minimum atomic E-state index is -0.680. The lowest BCUT2D eigenvalue weighted by Gasteiger charge is -2.31. The maximum Gasteiger partial charge on any atom is 0.306 e. The zero-order chi connectivity index (χ0) is 23.1. The van der Waals surface area contributed by atoms with Crippen LogP contribution < -0.4 is 10.6 Å². The van der Waals surface area contributed by atoms with Gasteiger partial charge in [-0.05, 0) is 55.1 Å². The summed E-state index contributed by atoms with van der Waals surface area (Å²) in [5.41, 5.74) is 8.05. The minimum absolute atomic E-state index is 0.101. The molecule has 1 aliphatic rings. The van der Waals surface area contributed by atoms with Crippen LogP contribution in [0.25, 0.3) is 0 Å². The van der Waals surface area contributed by atoms with Gasteiger partial charge in [-0.1, -0.05) is 44.7 Å². The first-order valence-corrected chi connectivity index (χ1v) is 11.1. The largest absolute Gasteiger partial charge is 0.481 e. The highest BCUT2D eigenvalue weighted by Crippen LogP contribution is 2.22. The number of anilines is 2. The average molecular weight is 436 g/mol. The van der Waals surface area contributed by atoms with Crippen molar-refractivity contribution in [1.82, 2.24) is 14.9 Å². The quantitative estimate of drug-likeness (QED) is 0.673. The molecule has 0 saturated carbocycles. The molecule has 1 aromatic carbocycles. The number of hydrogen-bond donors (Lipinski definition) is 2. The highest BCUT2D eigenvalue weighted by atomic mass is 16.4. The lowest BCUT2D eigenvalue weighted by atomic mass is 9.95. The molecule has 0 amide bonds. The average Bonchev–Trinajstić information content (AvgIpc) is 2.74. The lowest BCUT2D eigenvalue weighted by molar-refractivity contribution is -0.143. The van der Waals surface area contributed by atoms with Gasteiger partial charge in [0.25, 0.3) is 0 Å². The molecule has 0 spiro atoms. The molecule has 1 aliphatic heterocycles.